The summed E-state index contributed by atoms with van der Waals surface area (Å²) in [5.74, 6) is -0.435. The van der Waals surface area contributed by atoms with Crippen LogP contribution in [0.25, 0.3) is 0 Å². The van der Waals surface area contributed by atoms with E-state index in [1.807, 2.05) is 0 Å². The standard InChI is InChI=1S/C10H12N4O3S2/c1-14(2)19(16,17)7-5-8(12-6-7)9(15)13-10-11-3-4-18-10/h3-6,12H,1-2H3,(H,11,13,15). The molecule has 0 saturated heterocycles. The first-order valence-electron chi connectivity index (χ1n) is 5.23. The zero-order valence-electron chi connectivity index (χ0n) is 10.2. The Bertz CT molecular complexity index is 673. The Kier molecular flexibility index (Phi) is 3.69. The normalized spacial score (nSPS) is 11.7. The number of nitrogens with one attached hydrogen (secondary N) is 2. The number of hydrogen-bond acceptors (Lipinski definition) is 5. The zero-order valence-corrected chi connectivity index (χ0v) is 11.9. The molecule has 2 aromatic rings. The maximum absolute atomic E-state index is 11.8. The molecule has 0 aliphatic heterocycles. The third-order valence-electron chi connectivity index (χ3n) is 2.33. The molecular formula is C10H12N4O3S2. The summed E-state index contributed by atoms with van der Waals surface area (Å²) in [4.78, 5) is 18.4. The number of nitrogens with zero attached hydrogens (tertiary/aromatic N) is 2. The van der Waals surface area contributed by atoms with E-state index in [1.165, 1.54) is 37.7 Å². The minimum atomic E-state index is -3.54. The molecule has 2 rings (SSSR count). The SMILES string of the molecule is CN(C)S(=O)(=O)c1c[nH]c(C(=O)Nc2nccs2)c1. The fraction of sp³-hybridized carbons (Fsp3) is 0.200. The fourth-order valence-corrected chi connectivity index (χ4v) is 2.74. The highest BCUT2D eigenvalue weighted by atomic mass is 32.2. The Morgan fingerprint density at radius 2 is 2.21 bits per heavy atom. The molecule has 9 heteroatoms. The molecule has 19 heavy (non-hydrogen) atoms. The number of aromatic amines is 1. The van der Waals surface area contributed by atoms with Crippen LogP contribution in [0.4, 0.5) is 5.13 Å². The van der Waals surface area contributed by atoms with E-state index in [1.54, 1.807) is 11.6 Å². The van der Waals surface area contributed by atoms with Gasteiger partial charge in [-0.3, -0.25) is 10.1 Å². The van der Waals surface area contributed by atoms with Crippen molar-refractivity contribution < 1.29 is 13.2 Å². The molecule has 0 unspecified atom stereocenters. The van der Waals surface area contributed by atoms with Gasteiger partial charge in [-0.05, 0) is 6.07 Å². The number of H-pyrrole nitrogens is 1. The lowest BCUT2D eigenvalue weighted by Crippen LogP contribution is -2.21. The number of aromatic nitrogens is 2. The van der Waals surface area contributed by atoms with Gasteiger partial charge in [0, 0.05) is 31.9 Å². The molecule has 2 aromatic heterocycles. The van der Waals surface area contributed by atoms with Crippen molar-refractivity contribution in [1.29, 1.82) is 0 Å². The van der Waals surface area contributed by atoms with Crippen LogP contribution < -0.4 is 5.32 Å². The monoisotopic (exact) mass is 300 g/mol. The largest absolute Gasteiger partial charge is 0.356 e. The second kappa shape index (κ2) is 5.11. The van der Waals surface area contributed by atoms with Crippen molar-refractivity contribution in [3.05, 3.63) is 29.5 Å². The summed E-state index contributed by atoms with van der Waals surface area (Å²) in [6.45, 7) is 0. The van der Waals surface area contributed by atoms with Crippen LogP contribution in [-0.4, -0.2) is 42.7 Å². The average molecular weight is 300 g/mol. The molecule has 0 aromatic carbocycles. The van der Waals surface area contributed by atoms with Gasteiger partial charge >= 0.3 is 0 Å². The average Bonchev–Trinajstić information content (AvgIpc) is 2.98. The van der Waals surface area contributed by atoms with Crippen LogP contribution in [0.2, 0.25) is 0 Å². The topological polar surface area (TPSA) is 95.2 Å². The van der Waals surface area contributed by atoms with Gasteiger partial charge in [-0.2, -0.15) is 0 Å². The van der Waals surface area contributed by atoms with Crippen molar-refractivity contribution in [2.24, 2.45) is 0 Å². The number of rotatable bonds is 4. The predicted molar refractivity (Wildman–Crippen MR) is 71.7 cm³/mol. The first-order chi connectivity index (χ1) is 8.91. The van der Waals surface area contributed by atoms with Crippen molar-refractivity contribution in [1.82, 2.24) is 14.3 Å². The highest BCUT2D eigenvalue weighted by molar-refractivity contribution is 7.89. The maximum Gasteiger partial charge on any atom is 0.273 e. The number of carbonyl (C=O) groups is 1. The van der Waals surface area contributed by atoms with Crippen LogP contribution in [0.5, 0.6) is 0 Å². The van der Waals surface area contributed by atoms with E-state index in [0.29, 0.717) is 5.13 Å². The Labute approximate surface area is 114 Å². The number of carbonyl (C=O) groups excluding carboxylic acids is 1. The van der Waals surface area contributed by atoms with Gasteiger partial charge in [0.15, 0.2) is 5.13 Å². The Morgan fingerprint density at radius 3 is 2.79 bits per heavy atom. The second-order valence-corrected chi connectivity index (χ2v) is 6.87. The molecule has 102 valence electrons. The number of sulfonamides is 1. The number of hydrogen-bond donors (Lipinski definition) is 2. The van der Waals surface area contributed by atoms with E-state index in [4.69, 9.17) is 0 Å². The van der Waals surface area contributed by atoms with E-state index < -0.39 is 15.9 Å². The van der Waals surface area contributed by atoms with Gasteiger partial charge in [0.1, 0.15) is 10.6 Å². The summed E-state index contributed by atoms with van der Waals surface area (Å²) in [6, 6.07) is 1.29. The third kappa shape index (κ3) is 2.83. The van der Waals surface area contributed by atoms with Gasteiger partial charge in [0.2, 0.25) is 10.0 Å². The van der Waals surface area contributed by atoms with Crippen molar-refractivity contribution in [3.63, 3.8) is 0 Å². The van der Waals surface area contributed by atoms with Crippen LogP contribution >= 0.6 is 11.3 Å². The van der Waals surface area contributed by atoms with Gasteiger partial charge in [-0.25, -0.2) is 17.7 Å². The highest BCUT2D eigenvalue weighted by Gasteiger charge is 2.20. The van der Waals surface area contributed by atoms with Crippen LogP contribution in [-0.2, 0) is 10.0 Å². The van der Waals surface area contributed by atoms with E-state index in [2.05, 4.69) is 15.3 Å². The third-order valence-corrected chi connectivity index (χ3v) is 4.81. The predicted octanol–water partition coefficient (Wildman–Crippen LogP) is 0.974. The molecule has 1 amide bonds. The van der Waals surface area contributed by atoms with Crippen molar-refractivity contribution >= 4 is 32.4 Å². The molecule has 2 N–H and O–H groups in total. The summed E-state index contributed by atoms with van der Waals surface area (Å²) in [5.41, 5.74) is 0.163. The first-order valence-corrected chi connectivity index (χ1v) is 7.55. The molecule has 0 radical (unpaired) electrons. The number of amides is 1. The smallest absolute Gasteiger partial charge is 0.273 e. The summed E-state index contributed by atoms with van der Waals surface area (Å²) in [5, 5.41) is 4.74. The molecule has 0 saturated carbocycles. The molecular weight excluding hydrogens is 288 g/mol. The molecule has 0 aliphatic carbocycles. The van der Waals surface area contributed by atoms with Gasteiger partial charge in [-0.1, -0.05) is 0 Å². The van der Waals surface area contributed by atoms with Gasteiger partial charge in [0.05, 0.1) is 0 Å². The van der Waals surface area contributed by atoms with Crippen LogP contribution in [0, 0.1) is 0 Å². The summed E-state index contributed by atoms with van der Waals surface area (Å²) < 4.78 is 24.8. The lowest BCUT2D eigenvalue weighted by atomic mass is 10.4. The quantitative estimate of drug-likeness (QED) is 0.879. The lowest BCUT2D eigenvalue weighted by Gasteiger charge is -2.08. The molecule has 7 nitrogen and oxygen atoms in total. The number of thiazole rings is 1. The lowest BCUT2D eigenvalue weighted by molar-refractivity contribution is 0.102. The van der Waals surface area contributed by atoms with Crippen molar-refractivity contribution in [3.8, 4) is 0 Å². The van der Waals surface area contributed by atoms with E-state index in [-0.39, 0.29) is 10.6 Å². The highest BCUT2D eigenvalue weighted by Crippen LogP contribution is 2.16. The number of anilines is 1. The fourth-order valence-electron chi connectivity index (χ4n) is 1.31. The maximum atomic E-state index is 11.8. The van der Waals surface area contributed by atoms with E-state index in [9.17, 15) is 13.2 Å². The van der Waals surface area contributed by atoms with Crippen LogP contribution in [0.3, 0.4) is 0 Å². The van der Waals surface area contributed by atoms with E-state index >= 15 is 0 Å². The minimum Gasteiger partial charge on any atom is -0.356 e. The molecule has 2 heterocycles. The second-order valence-electron chi connectivity index (χ2n) is 3.83. The van der Waals surface area contributed by atoms with Gasteiger partial charge in [-0.15, -0.1) is 11.3 Å². The molecule has 0 fully saturated rings. The van der Waals surface area contributed by atoms with Gasteiger partial charge in [0.25, 0.3) is 5.91 Å². The Balaban J connectivity index is 2.20. The van der Waals surface area contributed by atoms with Crippen molar-refractivity contribution in [2.75, 3.05) is 19.4 Å². The summed E-state index contributed by atoms with van der Waals surface area (Å²) >= 11 is 1.28. The van der Waals surface area contributed by atoms with Crippen LogP contribution in [0.1, 0.15) is 10.5 Å². The Morgan fingerprint density at radius 1 is 1.47 bits per heavy atom. The molecule has 0 atom stereocenters. The molecule has 0 spiro atoms. The van der Waals surface area contributed by atoms with Crippen molar-refractivity contribution in [2.45, 2.75) is 4.90 Å². The Hall–Kier alpha value is -1.71. The van der Waals surface area contributed by atoms with Gasteiger partial charge < -0.3 is 4.98 Å². The zero-order chi connectivity index (χ0) is 14.0. The van der Waals surface area contributed by atoms with E-state index in [0.717, 1.165) is 4.31 Å². The molecule has 0 aliphatic rings. The molecule has 0 bridgehead atoms. The summed E-state index contributed by atoms with van der Waals surface area (Å²) in [7, 11) is -0.686. The summed E-state index contributed by atoms with van der Waals surface area (Å²) in [6.07, 6.45) is 2.85. The first kappa shape index (κ1) is 13.7. The minimum absolute atomic E-state index is 0.0433. The van der Waals surface area contributed by atoms with Crippen LogP contribution in [0.15, 0.2) is 28.7 Å².